The molecule has 0 fully saturated rings. The highest BCUT2D eigenvalue weighted by Gasteiger charge is 2.15. The molecule has 0 atom stereocenters. The maximum atomic E-state index is 12.1. The lowest BCUT2D eigenvalue weighted by Crippen LogP contribution is -2.06. The van der Waals surface area contributed by atoms with Crippen LogP contribution in [0.2, 0.25) is 10.0 Å². The first-order valence-corrected chi connectivity index (χ1v) is 8.85. The van der Waals surface area contributed by atoms with Crippen LogP contribution in [0.25, 0.3) is 0 Å². The molecular formula is C14H11BrCl2O3S. The van der Waals surface area contributed by atoms with Crippen LogP contribution in [0.4, 0.5) is 0 Å². The van der Waals surface area contributed by atoms with Crippen molar-refractivity contribution in [2.24, 2.45) is 0 Å². The first-order chi connectivity index (χ1) is 9.79. The molecule has 0 aromatic heterocycles. The van der Waals surface area contributed by atoms with Gasteiger partial charge in [0.25, 0.3) is 10.1 Å². The molecule has 2 aromatic rings. The van der Waals surface area contributed by atoms with E-state index in [2.05, 4.69) is 15.9 Å². The summed E-state index contributed by atoms with van der Waals surface area (Å²) >= 11 is 15.2. The fourth-order valence-electron chi connectivity index (χ4n) is 1.61. The summed E-state index contributed by atoms with van der Waals surface area (Å²) < 4.78 is 29.7. The first kappa shape index (κ1) is 16.8. The SMILES string of the molecule is Cc1ccc(S(=O)(=O)OCc2cc(Cl)c(Br)c(Cl)c2)cc1. The van der Waals surface area contributed by atoms with Gasteiger partial charge >= 0.3 is 0 Å². The number of aryl methyl sites for hydroxylation is 1. The van der Waals surface area contributed by atoms with Crippen molar-refractivity contribution >= 4 is 49.2 Å². The number of hydrogen-bond donors (Lipinski definition) is 0. The first-order valence-electron chi connectivity index (χ1n) is 5.89. The van der Waals surface area contributed by atoms with E-state index in [-0.39, 0.29) is 11.5 Å². The zero-order chi connectivity index (χ0) is 15.6. The summed E-state index contributed by atoms with van der Waals surface area (Å²) in [4.78, 5) is 0.113. The molecule has 0 amide bonds. The molecular weight excluding hydrogens is 399 g/mol. The molecule has 3 nitrogen and oxygen atoms in total. The molecule has 0 spiro atoms. The standard InChI is InChI=1S/C14H11BrCl2O3S/c1-9-2-4-11(5-3-9)21(18,19)20-8-10-6-12(16)14(15)13(17)7-10/h2-7H,8H2,1H3. The van der Waals surface area contributed by atoms with Gasteiger partial charge in [-0.2, -0.15) is 8.42 Å². The molecule has 0 aliphatic rings. The second kappa shape index (κ2) is 6.67. The fourth-order valence-corrected chi connectivity index (χ4v) is 3.27. The lowest BCUT2D eigenvalue weighted by molar-refractivity contribution is 0.308. The summed E-state index contributed by atoms with van der Waals surface area (Å²) in [6, 6.07) is 9.63. The van der Waals surface area contributed by atoms with Gasteiger partial charge in [-0.3, -0.25) is 4.18 Å². The van der Waals surface area contributed by atoms with Gasteiger partial charge in [-0.15, -0.1) is 0 Å². The zero-order valence-corrected chi connectivity index (χ0v) is 14.9. The van der Waals surface area contributed by atoms with Crippen molar-refractivity contribution in [3.05, 3.63) is 62.0 Å². The molecule has 0 N–H and O–H groups in total. The van der Waals surface area contributed by atoms with Crippen molar-refractivity contribution in [2.45, 2.75) is 18.4 Å². The van der Waals surface area contributed by atoms with Crippen LogP contribution >= 0.6 is 39.1 Å². The summed E-state index contributed by atoms with van der Waals surface area (Å²) in [6.45, 7) is 1.74. The minimum absolute atomic E-state index is 0.113. The topological polar surface area (TPSA) is 43.4 Å². The van der Waals surface area contributed by atoms with Gasteiger partial charge in [-0.1, -0.05) is 40.9 Å². The highest BCUT2D eigenvalue weighted by Crippen LogP contribution is 2.32. The van der Waals surface area contributed by atoms with Crippen molar-refractivity contribution in [1.82, 2.24) is 0 Å². The van der Waals surface area contributed by atoms with E-state index in [0.29, 0.717) is 20.1 Å². The molecule has 2 rings (SSSR count). The molecule has 0 saturated heterocycles. The average Bonchev–Trinajstić information content (AvgIpc) is 2.43. The summed E-state index contributed by atoms with van der Waals surface area (Å²) in [5.41, 5.74) is 1.55. The minimum Gasteiger partial charge on any atom is -0.262 e. The average molecular weight is 410 g/mol. The Balaban J connectivity index is 2.17. The Kier molecular flexibility index (Phi) is 5.33. The highest BCUT2D eigenvalue weighted by molar-refractivity contribution is 9.10. The normalized spacial score (nSPS) is 11.6. The van der Waals surface area contributed by atoms with Crippen molar-refractivity contribution < 1.29 is 12.6 Å². The minimum atomic E-state index is -3.81. The van der Waals surface area contributed by atoms with Crippen LogP contribution in [-0.4, -0.2) is 8.42 Å². The smallest absolute Gasteiger partial charge is 0.262 e. The van der Waals surface area contributed by atoms with Crippen LogP contribution in [-0.2, 0) is 20.9 Å². The zero-order valence-electron chi connectivity index (χ0n) is 10.9. The predicted octanol–water partition coefficient (Wildman–Crippen LogP) is 4.97. The summed E-state index contributed by atoms with van der Waals surface area (Å²) in [5, 5.41) is 0.794. The summed E-state index contributed by atoms with van der Waals surface area (Å²) in [7, 11) is -3.81. The Morgan fingerprint density at radius 3 is 2.14 bits per heavy atom. The maximum absolute atomic E-state index is 12.1. The molecule has 112 valence electrons. The third-order valence-electron chi connectivity index (χ3n) is 2.73. The van der Waals surface area contributed by atoms with Crippen LogP contribution in [0.15, 0.2) is 45.8 Å². The van der Waals surface area contributed by atoms with Crippen LogP contribution in [0.5, 0.6) is 0 Å². The van der Waals surface area contributed by atoms with E-state index in [1.165, 1.54) is 12.1 Å². The molecule has 0 aliphatic heterocycles. The van der Waals surface area contributed by atoms with Gasteiger partial charge in [-0.05, 0) is 52.7 Å². The lowest BCUT2D eigenvalue weighted by Gasteiger charge is -2.08. The van der Waals surface area contributed by atoms with Gasteiger partial charge in [0.15, 0.2) is 0 Å². The van der Waals surface area contributed by atoms with Crippen LogP contribution < -0.4 is 0 Å². The Morgan fingerprint density at radius 1 is 1.10 bits per heavy atom. The molecule has 2 aromatic carbocycles. The Hall–Kier alpha value is -0.590. The van der Waals surface area contributed by atoms with Crippen LogP contribution in [0.3, 0.4) is 0 Å². The van der Waals surface area contributed by atoms with Crippen LogP contribution in [0.1, 0.15) is 11.1 Å². The molecule has 0 heterocycles. The van der Waals surface area contributed by atoms with Crippen LogP contribution in [0, 0.1) is 6.92 Å². The van der Waals surface area contributed by atoms with E-state index in [1.54, 1.807) is 24.3 Å². The fraction of sp³-hybridized carbons (Fsp3) is 0.143. The summed E-state index contributed by atoms with van der Waals surface area (Å²) in [5.74, 6) is 0. The van der Waals surface area contributed by atoms with E-state index in [9.17, 15) is 8.42 Å². The van der Waals surface area contributed by atoms with Crippen molar-refractivity contribution in [2.75, 3.05) is 0 Å². The molecule has 0 radical (unpaired) electrons. The quantitative estimate of drug-likeness (QED) is 0.528. The van der Waals surface area contributed by atoms with E-state index < -0.39 is 10.1 Å². The molecule has 7 heteroatoms. The van der Waals surface area contributed by atoms with E-state index in [1.807, 2.05) is 6.92 Å². The predicted molar refractivity (Wildman–Crippen MR) is 87.3 cm³/mol. The van der Waals surface area contributed by atoms with Crippen molar-refractivity contribution in [3.63, 3.8) is 0 Å². The van der Waals surface area contributed by atoms with Crippen molar-refractivity contribution in [1.29, 1.82) is 0 Å². The Morgan fingerprint density at radius 2 is 1.62 bits per heavy atom. The third-order valence-corrected chi connectivity index (χ3v) is 5.92. The molecule has 0 bridgehead atoms. The van der Waals surface area contributed by atoms with Crippen molar-refractivity contribution in [3.8, 4) is 0 Å². The number of rotatable bonds is 4. The molecule has 0 unspecified atom stereocenters. The van der Waals surface area contributed by atoms with E-state index in [0.717, 1.165) is 5.56 Å². The Labute approximate surface area is 142 Å². The van der Waals surface area contributed by atoms with E-state index >= 15 is 0 Å². The number of benzene rings is 2. The van der Waals surface area contributed by atoms with Gasteiger partial charge in [0.1, 0.15) is 0 Å². The largest absolute Gasteiger partial charge is 0.297 e. The highest BCUT2D eigenvalue weighted by atomic mass is 79.9. The Bertz CT molecular complexity index is 735. The maximum Gasteiger partial charge on any atom is 0.297 e. The summed E-state index contributed by atoms with van der Waals surface area (Å²) in [6.07, 6.45) is 0. The monoisotopic (exact) mass is 408 g/mol. The molecule has 0 saturated carbocycles. The number of hydrogen-bond acceptors (Lipinski definition) is 3. The van der Waals surface area contributed by atoms with Gasteiger partial charge in [0, 0.05) is 0 Å². The van der Waals surface area contributed by atoms with Gasteiger partial charge < -0.3 is 0 Å². The van der Waals surface area contributed by atoms with E-state index in [4.69, 9.17) is 27.4 Å². The second-order valence-corrected chi connectivity index (χ2v) is 7.63. The third kappa shape index (κ3) is 4.20. The van der Waals surface area contributed by atoms with Gasteiger partial charge in [0.2, 0.25) is 0 Å². The lowest BCUT2D eigenvalue weighted by atomic mass is 10.2. The van der Waals surface area contributed by atoms with Gasteiger partial charge in [-0.25, -0.2) is 0 Å². The van der Waals surface area contributed by atoms with Gasteiger partial charge in [0.05, 0.1) is 26.0 Å². The second-order valence-electron chi connectivity index (χ2n) is 4.40. The molecule has 0 aliphatic carbocycles. The molecule has 21 heavy (non-hydrogen) atoms. The number of halogens is 3.